The van der Waals surface area contributed by atoms with Crippen LogP contribution in [0, 0.1) is 12.3 Å². The summed E-state index contributed by atoms with van der Waals surface area (Å²) in [5.74, 6) is -0.572. The molecule has 2 unspecified atom stereocenters. The van der Waals surface area contributed by atoms with Crippen LogP contribution >= 0.6 is 0 Å². The minimum absolute atomic E-state index is 0. The maximum absolute atomic E-state index is 12.1. The number of primary amides is 2. The van der Waals surface area contributed by atoms with E-state index >= 15 is 0 Å². The normalized spacial score (nSPS) is 23.2. The molecule has 0 aromatic carbocycles. The van der Waals surface area contributed by atoms with Gasteiger partial charge in [0.2, 0.25) is 17.7 Å². The number of likely N-dealkylation sites (tertiary alicyclic amines) is 1. The van der Waals surface area contributed by atoms with Gasteiger partial charge in [-0.3, -0.25) is 20.7 Å². The molecule has 0 saturated carbocycles. The predicted molar refractivity (Wildman–Crippen MR) is 115 cm³/mol. The number of rotatable bonds is 5. The van der Waals surface area contributed by atoms with Crippen LogP contribution in [0.15, 0.2) is 0 Å². The molecule has 0 aliphatic carbocycles. The molecule has 2 rings (SSSR count). The number of amides is 4. The maximum Gasteiger partial charge on any atom is 1.00 e. The van der Waals surface area contributed by atoms with Crippen molar-refractivity contribution >= 4 is 30.1 Å². The fourth-order valence-electron chi connectivity index (χ4n) is 2.99. The molecule has 2 saturated heterocycles. The Hall–Kier alpha value is -1.65. The van der Waals surface area contributed by atoms with E-state index in [2.05, 4.69) is 12.2 Å². The van der Waals surface area contributed by atoms with Gasteiger partial charge in [0.25, 0.3) is 0 Å². The summed E-state index contributed by atoms with van der Waals surface area (Å²) >= 11 is 0. The Kier molecular flexibility index (Phi) is 14.0. The zero-order valence-corrected chi connectivity index (χ0v) is 22.2. The average molecular weight is 464 g/mol. The van der Waals surface area contributed by atoms with E-state index in [0.29, 0.717) is 19.4 Å². The second-order valence-electron chi connectivity index (χ2n) is 8.77. The molecule has 2 fully saturated rings. The summed E-state index contributed by atoms with van der Waals surface area (Å²) in [7, 11) is 0. The van der Waals surface area contributed by atoms with Gasteiger partial charge in [-0.05, 0) is 33.6 Å². The Balaban J connectivity index is 0. The number of hydrogen-bond donors (Lipinski definition) is 3. The smallest absolute Gasteiger partial charge is 0.542 e. The summed E-state index contributed by atoms with van der Waals surface area (Å²) in [5.41, 5.74) is 6.80. The first kappa shape index (κ1) is 32.5. The van der Waals surface area contributed by atoms with E-state index in [1.165, 1.54) is 4.90 Å². The molecule has 1 spiro atoms. The van der Waals surface area contributed by atoms with Gasteiger partial charge in [0.05, 0.1) is 5.41 Å². The van der Waals surface area contributed by atoms with Crippen molar-refractivity contribution in [3.05, 3.63) is 6.92 Å². The monoisotopic (exact) mass is 463 g/mol. The van der Waals surface area contributed by atoms with E-state index in [4.69, 9.17) is 16.2 Å². The molecule has 178 valence electrons. The van der Waals surface area contributed by atoms with E-state index in [1.807, 2.05) is 13.8 Å². The molecule has 0 aromatic rings. The maximum atomic E-state index is 12.1. The third-order valence-corrected chi connectivity index (χ3v) is 4.47. The predicted octanol–water partition coefficient (Wildman–Crippen LogP) is -2.03. The number of β-lactam (4-membered cyclic amide) rings is 1. The molecule has 5 N–H and O–H groups in total. The SMILES string of the molecule is CCCC(N)=O.CCCC(N)=O.[CH2-]C1([C-]=O)CC2(CNC2=O)CN1C(=O)OC(C)(C)C.[Na+]. The van der Waals surface area contributed by atoms with Crippen LogP contribution < -0.4 is 46.3 Å². The minimum Gasteiger partial charge on any atom is -0.542 e. The van der Waals surface area contributed by atoms with Gasteiger partial charge in [-0.25, -0.2) is 4.79 Å². The van der Waals surface area contributed by atoms with Crippen molar-refractivity contribution in [2.45, 2.75) is 77.9 Å². The van der Waals surface area contributed by atoms with Crippen molar-refractivity contribution in [1.29, 1.82) is 0 Å². The van der Waals surface area contributed by atoms with Crippen LogP contribution in [0.1, 0.15) is 66.7 Å². The fraction of sp³-hybridized carbons (Fsp3) is 0.714. The van der Waals surface area contributed by atoms with Crippen molar-refractivity contribution in [2.75, 3.05) is 13.1 Å². The Morgan fingerprint density at radius 1 is 1.16 bits per heavy atom. The molecular weight excluding hydrogens is 427 g/mol. The van der Waals surface area contributed by atoms with Gasteiger partial charge in [0.15, 0.2) is 0 Å². The molecule has 0 aromatic heterocycles. The van der Waals surface area contributed by atoms with E-state index in [0.717, 1.165) is 12.8 Å². The Morgan fingerprint density at radius 2 is 1.62 bits per heavy atom. The van der Waals surface area contributed by atoms with E-state index in [-0.39, 0.29) is 60.2 Å². The first-order valence-corrected chi connectivity index (χ1v) is 10.3. The summed E-state index contributed by atoms with van der Waals surface area (Å²) in [6.45, 7) is 13.4. The van der Waals surface area contributed by atoms with Crippen molar-refractivity contribution < 1.29 is 58.3 Å². The van der Waals surface area contributed by atoms with E-state index in [9.17, 15) is 24.0 Å². The summed E-state index contributed by atoms with van der Waals surface area (Å²) in [5, 5.41) is 2.64. The molecule has 2 aliphatic heterocycles. The number of nitrogens with one attached hydrogen (secondary N) is 1. The molecule has 2 atom stereocenters. The molecule has 0 bridgehead atoms. The van der Waals surface area contributed by atoms with Crippen LogP contribution in [0.25, 0.3) is 0 Å². The number of hydrogen-bond acceptors (Lipinski definition) is 6. The zero-order valence-electron chi connectivity index (χ0n) is 20.2. The summed E-state index contributed by atoms with van der Waals surface area (Å²) in [6.07, 6.45) is 4.08. The van der Waals surface area contributed by atoms with Gasteiger partial charge < -0.3 is 38.1 Å². The number of nitrogens with two attached hydrogens (primary N) is 2. The molecule has 11 heteroatoms. The van der Waals surface area contributed by atoms with Crippen LogP contribution in [0.3, 0.4) is 0 Å². The van der Waals surface area contributed by atoms with E-state index in [1.54, 1.807) is 27.1 Å². The molecule has 4 amide bonds. The fourth-order valence-corrected chi connectivity index (χ4v) is 2.99. The number of nitrogens with zero attached hydrogens (tertiary/aromatic N) is 1. The van der Waals surface area contributed by atoms with Gasteiger partial charge in [-0.2, -0.15) is 5.54 Å². The summed E-state index contributed by atoms with van der Waals surface area (Å²) in [4.78, 5) is 55.8. The third kappa shape index (κ3) is 10.3. The number of ether oxygens (including phenoxy) is 1. The van der Waals surface area contributed by atoms with Crippen LogP contribution in [0.4, 0.5) is 4.79 Å². The van der Waals surface area contributed by atoms with Crippen molar-refractivity contribution in [3.8, 4) is 0 Å². The molecular formula is C21H36N4NaO6-. The minimum atomic E-state index is -1.35. The summed E-state index contributed by atoms with van der Waals surface area (Å²) < 4.78 is 5.25. The first-order chi connectivity index (χ1) is 14.2. The Bertz CT molecular complexity index is 666. The van der Waals surface area contributed by atoms with Crippen LogP contribution in [0.2, 0.25) is 0 Å². The molecule has 2 aliphatic rings. The third-order valence-electron chi connectivity index (χ3n) is 4.47. The second-order valence-corrected chi connectivity index (χ2v) is 8.77. The standard InChI is InChI=1S/C13H18N2O4.2C4H9NO.Na/c1-11(2,3)19-10(18)15-7-13(6-14-9(13)17)5-12(15,4)8-16;2*1-2-3-4(5)6;/h4-7H2,1-3H3,(H,14,17);2*2-3H2,1H3,(H2,5,6);/q-2;;;+1. The second kappa shape index (κ2) is 13.8. The Morgan fingerprint density at radius 3 is 1.84 bits per heavy atom. The van der Waals surface area contributed by atoms with Crippen molar-refractivity contribution in [1.82, 2.24) is 10.2 Å². The van der Waals surface area contributed by atoms with Crippen LogP contribution in [0.5, 0.6) is 0 Å². The van der Waals surface area contributed by atoms with Crippen LogP contribution in [-0.2, 0) is 23.9 Å². The number of carbonyl (C=O) groups excluding carboxylic acids is 5. The Labute approximate surface area is 212 Å². The molecule has 0 radical (unpaired) electrons. The van der Waals surface area contributed by atoms with Gasteiger partial charge in [0, 0.05) is 25.9 Å². The number of carbonyl (C=O) groups is 4. The molecule has 10 nitrogen and oxygen atoms in total. The first-order valence-electron chi connectivity index (χ1n) is 10.3. The average Bonchev–Trinajstić information content (AvgIpc) is 2.97. The topological polar surface area (TPSA) is 162 Å². The molecule has 2 heterocycles. The quantitative estimate of drug-likeness (QED) is 0.242. The molecule has 32 heavy (non-hydrogen) atoms. The van der Waals surface area contributed by atoms with Gasteiger partial charge >= 0.3 is 35.7 Å². The zero-order chi connectivity index (χ0) is 24.5. The van der Waals surface area contributed by atoms with Gasteiger partial charge in [-0.15, -0.1) is 0 Å². The largest absolute Gasteiger partial charge is 1.00 e. The van der Waals surface area contributed by atoms with Gasteiger partial charge in [0.1, 0.15) is 5.60 Å². The van der Waals surface area contributed by atoms with Crippen molar-refractivity contribution in [2.24, 2.45) is 16.9 Å². The van der Waals surface area contributed by atoms with Gasteiger partial charge in [-0.1, -0.05) is 20.3 Å². The van der Waals surface area contributed by atoms with Crippen LogP contribution in [-0.4, -0.2) is 59.2 Å². The van der Waals surface area contributed by atoms with Crippen molar-refractivity contribution in [3.63, 3.8) is 0 Å². The summed E-state index contributed by atoms with van der Waals surface area (Å²) in [6, 6.07) is 0. The van der Waals surface area contributed by atoms with E-state index < -0.39 is 22.6 Å².